The van der Waals surface area contributed by atoms with Gasteiger partial charge in [0.25, 0.3) is 5.56 Å². The van der Waals surface area contributed by atoms with Crippen molar-refractivity contribution in [2.75, 3.05) is 26.2 Å². The number of pyridine rings is 1. The Morgan fingerprint density at radius 1 is 1.26 bits per heavy atom. The zero-order valence-electron chi connectivity index (χ0n) is 11.4. The first-order valence-electron chi connectivity index (χ1n) is 7.44. The molecule has 2 aliphatic rings. The maximum Gasteiger partial charge on any atom is 0.250 e. The number of rotatable bonds is 4. The van der Waals surface area contributed by atoms with Crippen molar-refractivity contribution in [3.63, 3.8) is 0 Å². The Morgan fingerprint density at radius 2 is 2.16 bits per heavy atom. The summed E-state index contributed by atoms with van der Waals surface area (Å²) in [7, 11) is 0. The largest absolute Gasteiger partial charge is 0.314 e. The topological polar surface area (TPSA) is 37.3 Å². The molecule has 1 aliphatic carbocycles. The van der Waals surface area contributed by atoms with E-state index in [9.17, 15) is 4.79 Å². The van der Waals surface area contributed by atoms with Crippen LogP contribution in [0.4, 0.5) is 0 Å². The Labute approximate surface area is 114 Å². The van der Waals surface area contributed by atoms with Crippen molar-refractivity contribution in [3.05, 3.63) is 34.7 Å². The highest BCUT2D eigenvalue weighted by Gasteiger charge is 2.32. The summed E-state index contributed by atoms with van der Waals surface area (Å²) in [6, 6.07) is 6.04. The summed E-state index contributed by atoms with van der Waals surface area (Å²) in [4.78, 5) is 14.2. The Hall–Kier alpha value is -1.13. The average molecular weight is 261 g/mol. The molecule has 1 aliphatic heterocycles. The molecular formula is C15H23N3O. The van der Waals surface area contributed by atoms with Crippen molar-refractivity contribution in [2.24, 2.45) is 5.92 Å². The van der Waals surface area contributed by atoms with Crippen molar-refractivity contribution in [2.45, 2.75) is 31.8 Å². The van der Waals surface area contributed by atoms with Crippen LogP contribution < -0.4 is 10.9 Å². The number of hydrogen-bond donors (Lipinski definition) is 1. The maximum absolute atomic E-state index is 11.7. The van der Waals surface area contributed by atoms with Gasteiger partial charge < -0.3 is 9.88 Å². The molecule has 0 bridgehead atoms. The number of hydrogen-bond acceptors (Lipinski definition) is 3. The molecule has 2 fully saturated rings. The van der Waals surface area contributed by atoms with E-state index in [-0.39, 0.29) is 5.56 Å². The van der Waals surface area contributed by atoms with E-state index < -0.39 is 0 Å². The van der Waals surface area contributed by atoms with Gasteiger partial charge in [0.05, 0.1) is 0 Å². The van der Waals surface area contributed by atoms with Crippen LogP contribution in [0.2, 0.25) is 0 Å². The van der Waals surface area contributed by atoms with E-state index in [4.69, 9.17) is 0 Å². The van der Waals surface area contributed by atoms with Crippen LogP contribution in [-0.4, -0.2) is 41.7 Å². The number of nitrogens with one attached hydrogen (secondary N) is 1. The smallest absolute Gasteiger partial charge is 0.250 e. The molecule has 1 saturated carbocycles. The lowest BCUT2D eigenvalue weighted by molar-refractivity contribution is 0.248. The SMILES string of the molecule is O=c1ccccn1CCN1CCCNC(C2CC2)C1. The normalized spacial score (nSPS) is 25.2. The third-order valence-corrected chi connectivity index (χ3v) is 4.26. The molecule has 104 valence electrons. The second-order valence-corrected chi connectivity index (χ2v) is 5.78. The molecule has 1 atom stereocenters. The summed E-state index contributed by atoms with van der Waals surface area (Å²) >= 11 is 0. The van der Waals surface area contributed by atoms with E-state index in [1.807, 2.05) is 16.8 Å². The molecule has 0 radical (unpaired) electrons. The zero-order valence-corrected chi connectivity index (χ0v) is 11.4. The van der Waals surface area contributed by atoms with Gasteiger partial charge in [0, 0.05) is 37.9 Å². The quantitative estimate of drug-likeness (QED) is 0.876. The van der Waals surface area contributed by atoms with E-state index in [2.05, 4.69) is 10.2 Å². The Morgan fingerprint density at radius 3 is 2.95 bits per heavy atom. The third-order valence-electron chi connectivity index (χ3n) is 4.26. The van der Waals surface area contributed by atoms with Gasteiger partial charge in [-0.1, -0.05) is 6.07 Å². The van der Waals surface area contributed by atoms with Crippen LogP contribution in [-0.2, 0) is 6.54 Å². The van der Waals surface area contributed by atoms with Gasteiger partial charge in [-0.15, -0.1) is 0 Å². The highest BCUT2D eigenvalue weighted by Crippen LogP contribution is 2.33. The highest BCUT2D eigenvalue weighted by atomic mass is 16.1. The molecule has 1 saturated heterocycles. The lowest BCUT2D eigenvalue weighted by atomic mass is 10.2. The third kappa shape index (κ3) is 3.45. The maximum atomic E-state index is 11.7. The van der Waals surface area contributed by atoms with Crippen LogP contribution in [0.3, 0.4) is 0 Å². The van der Waals surface area contributed by atoms with Gasteiger partial charge in [-0.25, -0.2) is 0 Å². The first-order chi connectivity index (χ1) is 9.33. The lowest BCUT2D eigenvalue weighted by Crippen LogP contribution is -2.40. The van der Waals surface area contributed by atoms with Crippen molar-refractivity contribution < 1.29 is 0 Å². The van der Waals surface area contributed by atoms with Crippen LogP contribution in [0, 0.1) is 5.92 Å². The monoisotopic (exact) mass is 261 g/mol. The molecule has 3 rings (SSSR count). The van der Waals surface area contributed by atoms with Crippen molar-refractivity contribution >= 4 is 0 Å². The first-order valence-corrected chi connectivity index (χ1v) is 7.44. The molecule has 19 heavy (non-hydrogen) atoms. The van der Waals surface area contributed by atoms with Gasteiger partial charge >= 0.3 is 0 Å². The molecule has 2 heterocycles. The standard InChI is InChI=1S/C15H23N3O/c19-15-4-1-2-9-18(15)11-10-17-8-3-7-16-14(12-17)13-5-6-13/h1-2,4,9,13-14,16H,3,5-8,10-12H2. The van der Waals surface area contributed by atoms with Gasteiger partial charge in [-0.3, -0.25) is 9.69 Å². The van der Waals surface area contributed by atoms with Gasteiger partial charge in [0.15, 0.2) is 0 Å². The van der Waals surface area contributed by atoms with Crippen LogP contribution in [0.1, 0.15) is 19.3 Å². The molecule has 4 heteroatoms. The summed E-state index contributed by atoms with van der Waals surface area (Å²) in [6.45, 7) is 5.22. The summed E-state index contributed by atoms with van der Waals surface area (Å²) < 4.78 is 1.81. The average Bonchev–Trinajstić information content (AvgIpc) is 3.24. The zero-order chi connectivity index (χ0) is 13.1. The minimum atomic E-state index is 0.106. The fourth-order valence-corrected chi connectivity index (χ4v) is 2.94. The Bertz CT molecular complexity index is 466. The van der Waals surface area contributed by atoms with E-state index >= 15 is 0 Å². The van der Waals surface area contributed by atoms with Crippen molar-refractivity contribution in [3.8, 4) is 0 Å². The molecule has 0 aromatic carbocycles. The van der Waals surface area contributed by atoms with E-state index in [1.165, 1.54) is 19.3 Å². The van der Waals surface area contributed by atoms with Crippen molar-refractivity contribution in [1.29, 1.82) is 0 Å². The molecule has 0 spiro atoms. The molecule has 1 unspecified atom stereocenters. The second-order valence-electron chi connectivity index (χ2n) is 5.78. The predicted octanol–water partition coefficient (Wildman–Crippen LogP) is 0.922. The van der Waals surface area contributed by atoms with Crippen LogP contribution >= 0.6 is 0 Å². The van der Waals surface area contributed by atoms with Crippen LogP contribution in [0.15, 0.2) is 29.2 Å². The molecule has 4 nitrogen and oxygen atoms in total. The Balaban J connectivity index is 1.56. The fourth-order valence-electron chi connectivity index (χ4n) is 2.94. The van der Waals surface area contributed by atoms with E-state index in [1.54, 1.807) is 12.1 Å². The second kappa shape index (κ2) is 5.88. The van der Waals surface area contributed by atoms with Gasteiger partial charge in [0.2, 0.25) is 0 Å². The summed E-state index contributed by atoms with van der Waals surface area (Å²) in [5, 5.41) is 3.67. The predicted molar refractivity (Wildman–Crippen MR) is 76.3 cm³/mol. The van der Waals surface area contributed by atoms with Crippen molar-refractivity contribution in [1.82, 2.24) is 14.8 Å². The van der Waals surface area contributed by atoms with E-state index in [0.717, 1.165) is 38.6 Å². The van der Waals surface area contributed by atoms with E-state index in [0.29, 0.717) is 6.04 Å². The molecule has 1 aromatic rings. The minimum absolute atomic E-state index is 0.106. The molecular weight excluding hydrogens is 238 g/mol. The summed E-state index contributed by atoms with van der Waals surface area (Å²) in [5.74, 6) is 0.903. The lowest BCUT2D eigenvalue weighted by Gasteiger charge is -2.24. The highest BCUT2D eigenvalue weighted by molar-refractivity contribution is 4.94. The molecule has 1 aromatic heterocycles. The number of nitrogens with zero attached hydrogens (tertiary/aromatic N) is 2. The first kappa shape index (κ1) is 12.9. The summed E-state index contributed by atoms with van der Waals surface area (Å²) in [5.41, 5.74) is 0.106. The molecule has 0 amide bonds. The van der Waals surface area contributed by atoms with Gasteiger partial charge in [-0.05, 0) is 44.3 Å². The molecule has 1 N–H and O–H groups in total. The summed E-state index contributed by atoms with van der Waals surface area (Å²) in [6.07, 6.45) is 5.89. The van der Waals surface area contributed by atoms with Gasteiger partial charge in [0.1, 0.15) is 0 Å². The van der Waals surface area contributed by atoms with Crippen LogP contribution in [0.5, 0.6) is 0 Å². The number of aromatic nitrogens is 1. The fraction of sp³-hybridized carbons (Fsp3) is 0.667. The van der Waals surface area contributed by atoms with Crippen LogP contribution in [0.25, 0.3) is 0 Å². The minimum Gasteiger partial charge on any atom is -0.314 e. The van der Waals surface area contributed by atoms with Gasteiger partial charge in [-0.2, -0.15) is 0 Å². The Kier molecular flexibility index (Phi) is 3.99.